The summed E-state index contributed by atoms with van der Waals surface area (Å²) in [5.74, 6) is 0.537. The molecule has 1 aromatic carbocycles. The maximum Gasteiger partial charge on any atom is 0.157 e. The Hall–Kier alpha value is -0.870. The second kappa shape index (κ2) is 6.71. The third-order valence-electron chi connectivity index (χ3n) is 5.36. The minimum Gasteiger partial charge on any atom is -0.376 e. The lowest BCUT2D eigenvalue weighted by Crippen LogP contribution is -2.30. The zero-order chi connectivity index (χ0) is 15.6. The highest BCUT2D eigenvalue weighted by atomic mass is 32.2. The summed E-state index contributed by atoms with van der Waals surface area (Å²) in [5.41, 5.74) is 3.35. The van der Waals surface area contributed by atoms with E-state index in [0.29, 0.717) is 19.1 Å². The first-order chi connectivity index (χ1) is 10.6. The monoisotopic (exact) mass is 322 g/mol. The molecule has 1 aliphatic heterocycles. The van der Waals surface area contributed by atoms with Gasteiger partial charge in [0.2, 0.25) is 0 Å². The average molecular weight is 322 g/mol. The van der Waals surface area contributed by atoms with E-state index in [9.17, 15) is 8.42 Å². The van der Waals surface area contributed by atoms with E-state index < -0.39 is 9.84 Å². The number of ether oxygens (including phenoxy) is 1. The lowest BCUT2D eigenvalue weighted by atomic mass is 9.87. The van der Waals surface area contributed by atoms with Gasteiger partial charge < -0.3 is 4.74 Å². The van der Waals surface area contributed by atoms with Gasteiger partial charge in [-0.1, -0.05) is 37.5 Å². The number of hydrogen-bond donors (Lipinski definition) is 0. The van der Waals surface area contributed by atoms with E-state index in [1.165, 1.54) is 24.8 Å². The maximum atomic E-state index is 12.9. The van der Waals surface area contributed by atoms with E-state index in [2.05, 4.69) is 6.07 Å². The SMILES string of the molecule is CC(C1CCCCC1)S(=O)(=O)Cc1cccc2c1CCOC2. The quantitative estimate of drug-likeness (QED) is 0.850. The van der Waals surface area contributed by atoms with E-state index in [-0.39, 0.29) is 11.0 Å². The Bertz CT molecular complexity index is 615. The van der Waals surface area contributed by atoms with Crippen molar-refractivity contribution in [2.45, 2.75) is 63.1 Å². The van der Waals surface area contributed by atoms with Crippen LogP contribution in [0.2, 0.25) is 0 Å². The van der Waals surface area contributed by atoms with Crippen LogP contribution in [0.4, 0.5) is 0 Å². The third kappa shape index (κ3) is 3.38. The van der Waals surface area contributed by atoms with Crippen molar-refractivity contribution in [1.82, 2.24) is 0 Å². The van der Waals surface area contributed by atoms with Crippen molar-refractivity contribution in [1.29, 1.82) is 0 Å². The summed E-state index contributed by atoms with van der Waals surface area (Å²) in [6.45, 7) is 3.23. The lowest BCUT2D eigenvalue weighted by Gasteiger charge is -2.28. The number of hydrogen-bond acceptors (Lipinski definition) is 3. The van der Waals surface area contributed by atoms with Crippen molar-refractivity contribution in [2.24, 2.45) is 5.92 Å². The van der Waals surface area contributed by atoms with Gasteiger partial charge in [0.1, 0.15) is 0 Å². The van der Waals surface area contributed by atoms with E-state index in [1.54, 1.807) is 0 Å². The first-order valence-corrected chi connectivity index (χ1v) is 10.2. The van der Waals surface area contributed by atoms with Gasteiger partial charge >= 0.3 is 0 Å². The van der Waals surface area contributed by atoms with E-state index >= 15 is 0 Å². The number of fused-ring (bicyclic) bond motifs is 1. The molecule has 1 aromatic rings. The Balaban J connectivity index is 1.79. The summed E-state index contributed by atoms with van der Waals surface area (Å²) >= 11 is 0. The van der Waals surface area contributed by atoms with Gasteiger partial charge in [-0.3, -0.25) is 0 Å². The molecule has 1 aliphatic carbocycles. The smallest absolute Gasteiger partial charge is 0.157 e. The number of benzene rings is 1. The summed E-state index contributed by atoms with van der Waals surface area (Å²) in [6.07, 6.45) is 6.60. The fraction of sp³-hybridized carbons (Fsp3) is 0.667. The van der Waals surface area contributed by atoms with E-state index in [0.717, 1.165) is 30.4 Å². The number of sulfone groups is 1. The zero-order valence-electron chi connectivity index (χ0n) is 13.4. The number of rotatable bonds is 4. The lowest BCUT2D eigenvalue weighted by molar-refractivity contribution is 0.110. The van der Waals surface area contributed by atoms with Crippen molar-refractivity contribution in [3.63, 3.8) is 0 Å². The molecule has 3 nitrogen and oxygen atoms in total. The Kier molecular flexibility index (Phi) is 4.88. The van der Waals surface area contributed by atoms with Gasteiger partial charge in [-0.05, 0) is 48.8 Å². The Morgan fingerprint density at radius 2 is 2.00 bits per heavy atom. The molecular formula is C18H26O3S. The van der Waals surface area contributed by atoms with Crippen molar-refractivity contribution in [3.8, 4) is 0 Å². The first-order valence-electron chi connectivity index (χ1n) is 8.47. The second-order valence-corrected chi connectivity index (χ2v) is 9.13. The highest BCUT2D eigenvalue weighted by Gasteiger charge is 2.31. The molecule has 0 spiro atoms. The predicted molar refractivity (Wildman–Crippen MR) is 88.5 cm³/mol. The van der Waals surface area contributed by atoms with Crippen LogP contribution >= 0.6 is 0 Å². The van der Waals surface area contributed by atoms with Gasteiger partial charge in [-0.2, -0.15) is 0 Å². The molecule has 22 heavy (non-hydrogen) atoms. The maximum absolute atomic E-state index is 12.9. The molecule has 122 valence electrons. The summed E-state index contributed by atoms with van der Waals surface area (Å²) in [5, 5.41) is -0.219. The highest BCUT2D eigenvalue weighted by Crippen LogP contribution is 2.32. The van der Waals surface area contributed by atoms with Crippen molar-refractivity contribution in [3.05, 3.63) is 34.9 Å². The van der Waals surface area contributed by atoms with E-state index in [1.807, 2.05) is 19.1 Å². The molecule has 1 heterocycles. The molecule has 0 bridgehead atoms. The highest BCUT2D eigenvalue weighted by molar-refractivity contribution is 7.91. The minimum atomic E-state index is -3.09. The van der Waals surface area contributed by atoms with Gasteiger partial charge in [-0.15, -0.1) is 0 Å². The molecule has 4 heteroatoms. The van der Waals surface area contributed by atoms with Crippen LogP contribution < -0.4 is 0 Å². The topological polar surface area (TPSA) is 43.4 Å². The average Bonchev–Trinajstić information content (AvgIpc) is 2.55. The van der Waals surface area contributed by atoms with Crippen LogP contribution in [0.5, 0.6) is 0 Å². The van der Waals surface area contributed by atoms with Crippen LogP contribution in [-0.4, -0.2) is 20.3 Å². The van der Waals surface area contributed by atoms with Crippen LogP contribution in [0.1, 0.15) is 55.7 Å². The molecule has 2 aliphatic rings. The predicted octanol–water partition coefficient (Wildman–Crippen LogP) is 3.64. The van der Waals surface area contributed by atoms with Crippen LogP contribution in [-0.2, 0) is 33.4 Å². The van der Waals surface area contributed by atoms with Crippen molar-refractivity contribution >= 4 is 9.84 Å². The van der Waals surface area contributed by atoms with Crippen molar-refractivity contribution < 1.29 is 13.2 Å². The van der Waals surface area contributed by atoms with Gasteiger partial charge in [0.15, 0.2) is 9.84 Å². The van der Waals surface area contributed by atoms with Crippen LogP contribution in [0.3, 0.4) is 0 Å². The molecule has 1 unspecified atom stereocenters. The second-order valence-electron chi connectivity index (χ2n) is 6.77. The Morgan fingerprint density at radius 1 is 1.23 bits per heavy atom. The van der Waals surface area contributed by atoms with Crippen LogP contribution in [0.15, 0.2) is 18.2 Å². The summed E-state index contributed by atoms with van der Waals surface area (Å²) in [4.78, 5) is 0. The molecule has 1 fully saturated rings. The molecule has 3 rings (SSSR count). The fourth-order valence-electron chi connectivity index (χ4n) is 3.88. The molecule has 0 radical (unpaired) electrons. The fourth-order valence-corrected chi connectivity index (χ4v) is 5.71. The summed E-state index contributed by atoms with van der Waals surface area (Å²) in [7, 11) is -3.09. The zero-order valence-corrected chi connectivity index (χ0v) is 14.2. The summed E-state index contributed by atoms with van der Waals surface area (Å²) in [6, 6.07) is 5.99. The molecular weight excluding hydrogens is 296 g/mol. The van der Waals surface area contributed by atoms with Crippen LogP contribution in [0, 0.1) is 5.92 Å². The first kappa shape index (κ1) is 16.0. The molecule has 0 N–H and O–H groups in total. The molecule has 0 aromatic heterocycles. The van der Waals surface area contributed by atoms with Crippen LogP contribution in [0.25, 0.3) is 0 Å². The molecule has 0 amide bonds. The molecule has 0 saturated heterocycles. The van der Waals surface area contributed by atoms with Gasteiger partial charge in [0.25, 0.3) is 0 Å². The van der Waals surface area contributed by atoms with Gasteiger partial charge in [-0.25, -0.2) is 8.42 Å². The van der Waals surface area contributed by atoms with E-state index in [4.69, 9.17) is 4.74 Å². The third-order valence-corrected chi connectivity index (χ3v) is 7.59. The van der Waals surface area contributed by atoms with Gasteiger partial charge in [0, 0.05) is 0 Å². The summed E-state index contributed by atoms with van der Waals surface area (Å²) < 4.78 is 31.2. The normalized spacial score (nSPS) is 21.3. The standard InChI is InChI=1S/C18H26O3S/c1-14(15-6-3-2-4-7-15)22(19,20)13-17-9-5-8-16-12-21-11-10-18(16)17/h5,8-9,14-15H,2-4,6-7,10-13H2,1H3. The Morgan fingerprint density at radius 3 is 2.77 bits per heavy atom. The Labute approximate surface area is 134 Å². The van der Waals surface area contributed by atoms with Gasteiger partial charge in [0.05, 0.1) is 24.2 Å². The largest absolute Gasteiger partial charge is 0.376 e. The van der Waals surface area contributed by atoms with Crippen molar-refractivity contribution in [2.75, 3.05) is 6.61 Å². The minimum absolute atomic E-state index is 0.188. The molecule has 1 atom stereocenters. The molecule has 1 saturated carbocycles.